The zero-order valence-corrected chi connectivity index (χ0v) is 20.1. The van der Waals surface area contributed by atoms with E-state index in [1.54, 1.807) is 15.9 Å². The largest absolute Gasteiger partial charge is 0.481 e. The van der Waals surface area contributed by atoms with Gasteiger partial charge < -0.3 is 14.5 Å². The van der Waals surface area contributed by atoms with Crippen molar-refractivity contribution in [2.75, 3.05) is 60.4 Å². The van der Waals surface area contributed by atoms with Crippen LogP contribution in [0.5, 0.6) is 5.88 Å². The first kappa shape index (κ1) is 23.7. The average molecular weight is 496 g/mol. The number of aromatic nitrogens is 3. The molecule has 1 saturated heterocycles. The number of halogens is 2. The van der Waals surface area contributed by atoms with E-state index in [-0.39, 0.29) is 19.0 Å². The minimum Gasteiger partial charge on any atom is -0.481 e. The molecule has 1 N–H and O–H groups in total. The molecule has 3 aromatic rings. The molecule has 9 nitrogen and oxygen atoms in total. The molecule has 5 rings (SSSR count). The highest BCUT2D eigenvalue weighted by Gasteiger charge is 2.38. The zero-order valence-electron chi connectivity index (χ0n) is 20.1. The fraction of sp³-hybridized carbons (Fsp3) is 0.360. The second-order valence-electron chi connectivity index (χ2n) is 8.92. The molecule has 4 heterocycles. The van der Waals surface area contributed by atoms with E-state index in [4.69, 9.17) is 9.72 Å². The molecule has 0 aliphatic carbocycles. The predicted octanol–water partition coefficient (Wildman–Crippen LogP) is 4.27. The number of hydrogen-bond donors (Lipinski definition) is 1. The highest BCUT2D eigenvalue weighted by Crippen LogP contribution is 2.35. The molecule has 188 valence electrons. The number of carbonyl (C=O) groups is 1. The topological polar surface area (TPSA) is 86.7 Å². The molecule has 2 aromatic heterocycles. The molecule has 0 spiro atoms. The lowest BCUT2D eigenvalue weighted by molar-refractivity contribution is 0.0257. The maximum absolute atomic E-state index is 13.8. The monoisotopic (exact) mass is 495 g/mol. The maximum Gasteiger partial charge on any atom is 0.328 e. The van der Waals surface area contributed by atoms with E-state index in [0.29, 0.717) is 36.3 Å². The molecule has 1 aromatic carbocycles. The Hall–Kier alpha value is -4.02. The van der Waals surface area contributed by atoms with E-state index in [9.17, 15) is 13.6 Å². The third-order valence-corrected chi connectivity index (χ3v) is 6.40. The van der Waals surface area contributed by atoms with Crippen LogP contribution < -0.4 is 24.8 Å². The molecule has 36 heavy (non-hydrogen) atoms. The lowest BCUT2D eigenvalue weighted by atomic mass is 10.1. The smallest absolute Gasteiger partial charge is 0.328 e. The quantitative estimate of drug-likeness (QED) is 0.578. The normalized spacial score (nSPS) is 16.9. The first-order valence-corrected chi connectivity index (χ1v) is 11.7. The van der Waals surface area contributed by atoms with E-state index < -0.39 is 5.92 Å². The van der Waals surface area contributed by atoms with Crippen molar-refractivity contribution in [1.82, 2.24) is 15.0 Å². The van der Waals surface area contributed by atoms with Gasteiger partial charge in [-0.1, -0.05) is 12.1 Å². The molecule has 2 aliphatic rings. The molecule has 2 amide bonds. The van der Waals surface area contributed by atoms with Crippen molar-refractivity contribution in [3.05, 3.63) is 48.8 Å². The summed E-state index contributed by atoms with van der Waals surface area (Å²) in [6.07, 6.45) is 1.92. The Morgan fingerprint density at radius 1 is 1.11 bits per heavy atom. The van der Waals surface area contributed by atoms with Crippen LogP contribution in [0.3, 0.4) is 0 Å². The van der Waals surface area contributed by atoms with Gasteiger partial charge in [0.25, 0.3) is 5.92 Å². The number of nitrogens with one attached hydrogen (secondary N) is 1. The van der Waals surface area contributed by atoms with E-state index >= 15 is 0 Å². The van der Waals surface area contributed by atoms with Crippen molar-refractivity contribution in [3.8, 4) is 17.1 Å². The van der Waals surface area contributed by atoms with Gasteiger partial charge in [-0.15, -0.1) is 0 Å². The summed E-state index contributed by atoms with van der Waals surface area (Å²) >= 11 is 0. The van der Waals surface area contributed by atoms with Crippen LogP contribution >= 0.6 is 0 Å². The Balaban J connectivity index is 1.46. The maximum atomic E-state index is 13.8. The standard InChI is InChI=1S/C25H27F2N7O2/c1-32-10-4-11-34(24(35)31-21-14-22(36-2)29-16-28-21)23-20(32)8-7-19(30-23)17-5-3-6-18(13-17)33-12-9-25(26,27)15-33/h3,5-8,13-14,16H,4,9-12,15H2,1-2H3,(H,28,29,31,35). The number of urea groups is 1. The minimum absolute atomic E-state index is 0.150. The summed E-state index contributed by atoms with van der Waals surface area (Å²) in [4.78, 5) is 31.6. The number of alkyl halides is 2. The van der Waals surface area contributed by atoms with Crippen LogP contribution in [0.1, 0.15) is 12.8 Å². The van der Waals surface area contributed by atoms with Gasteiger partial charge in [-0.05, 0) is 30.7 Å². The summed E-state index contributed by atoms with van der Waals surface area (Å²) in [7, 11) is 3.45. The summed E-state index contributed by atoms with van der Waals surface area (Å²) in [6, 6.07) is 12.4. The number of rotatable bonds is 4. The molecule has 11 heteroatoms. The Bertz CT molecular complexity index is 1270. The van der Waals surface area contributed by atoms with Gasteiger partial charge in [0.05, 0.1) is 25.0 Å². The van der Waals surface area contributed by atoms with Gasteiger partial charge in [0, 0.05) is 50.4 Å². The van der Waals surface area contributed by atoms with Crippen LogP contribution in [0.2, 0.25) is 0 Å². The second-order valence-corrected chi connectivity index (χ2v) is 8.92. The number of ether oxygens (including phenoxy) is 1. The number of fused-ring (bicyclic) bond motifs is 1. The molecule has 0 radical (unpaired) electrons. The lowest BCUT2D eigenvalue weighted by Gasteiger charge is -2.24. The summed E-state index contributed by atoms with van der Waals surface area (Å²) in [5, 5.41) is 2.80. The minimum atomic E-state index is -2.68. The SMILES string of the molecule is COc1cc(NC(=O)N2CCCN(C)c3ccc(-c4cccc(N5CCC(F)(F)C5)c4)nc32)ncn1. The third-order valence-electron chi connectivity index (χ3n) is 6.40. The second kappa shape index (κ2) is 9.56. The van der Waals surface area contributed by atoms with E-state index in [1.807, 2.05) is 43.4 Å². The number of carbonyl (C=O) groups excluding carboxylic acids is 1. The molecule has 1 fully saturated rings. The van der Waals surface area contributed by atoms with Crippen LogP contribution in [-0.2, 0) is 0 Å². The van der Waals surface area contributed by atoms with Crippen LogP contribution in [-0.4, -0.2) is 67.2 Å². The van der Waals surface area contributed by atoms with Gasteiger partial charge in [0.15, 0.2) is 5.82 Å². The molecular weight excluding hydrogens is 468 g/mol. The van der Waals surface area contributed by atoms with Crippen molar-refractivity contribution >= 4 is 29.0 Å². The number of nitrogens with zero attached hydrogens (tertiary/aromatic N) is 6. The van der Waals surface area contributed by atoms with Crippen molar-refractivity contribution in [2.24, 2.45) is 0 Å². The Kier molecular flexibility index (Phi) is 6.29. The van der Waals surface area contributed by atoms with E-state index in [2.05, 4.69) is 20.2 Å². The number of pyridine rings is 1. The fourth-order valence-corrected chi connectivity index (χ4v) is 4.50. The van der Waals surface area contributed by atoms with Gasteiger partial charge in [0.2, 0.25) is 5.88 Å². The Labute approximate surface area is 207 Å². The van der Waals surface area contributed by atoms with Gasteiger partial charge in [-0.25, -0.2) is 28.5 Å². The van der Waals surface area contributed by atoms with Crippen LogP contribution in [0, 0.1) is 0 Å². The number of benzene rings is 1. The van der Waals surface area contributed by atoms with Gasteiger partial charge >= 0.3 is 6.03 Å². The van der Waals surface area contributed by atoms with Crippen molar-refractivity contribution in [2.45, 2.75) is 18.8 Å². The van der Waals surface area contributed by atoms with E-state index in [0.717, 1.165) is 29.9 Å². The highest BCUT2D eigenvalue weighted by atomic mass is 19.3. The van der Waals surface area contributed by atoms with Crippen molar-refractivity contribution in [1.29, 1.82) is 0 Å². The van der Waals surface area contributed by atoms with Crippen molar-refractivity contribution in [3.63, 3.8) is 0 Å². The number of amides is 2. The van der Waals surface area contributed by atoms with Gasteiger partial charge in [-0.3, -0.25) is 10.2 Å². The van der Waals surface area contributed by atoms with Crippen LogP contribution in [0.4, 0.5) is 36.6 Å². The first-order chi connectivity index (χ1) is 17.3. The molecule has 0 bridgehead atoms. The van der Waals surface area contributed by atoms with Crippen LogP contribution in [0.15, 0.2) is 48.8 Å². The summed E-state index contributed by atoms with van der Waals surface area (Å²) in [6.45, 7) is 1.24. The van der Waals surface area contributed by atoms with Gasteiger partial charge in [0.1, 0.15) is 12.1 Å². The Morgan fingerprint density at radius 3 is 2.75 bits per heavy atom. The lowest BCUT2D eigenvalue weighted by Crippen LogP contribution is -2.36. The zero-order chi connectivity index (χ0) is 25.3. The molecule has 0 atom stereocenters. The molecule has 2 aliphatic heterocycles. The average Bonchev–Trinajstić information content (AvgIpc) is 3.16. The molecule has 0 unspecified atom stereocenters. The van der Waals surface area contributed by atoms with Crippen molar-refractivity contribution < 1.29 is 18.3 Å². The number of methoxy groups -OCH3 is 1. The van der Waals surface area contributed by atoms with Crippen LogP contribution in [0.25, 0.3) is 11.3 Å². The summed E-state index contributed by atoms with van der Waals surface area (Å²) in [5.41, 5.74) is 2.99. The van der Waals surface area contributed by atoms with E-state index in [1.165, 1.54) is 13.4 Å². The Morgan fingerprint density at radius 2 is 1.97 bits per heavy atom. The molecule has 0 saturated carbocycles. The highest BCUT2D eigenvalue weighted by molar-refractivity contribution is 6.03. The third kappa shape index (κ3) is 4.86. The number of anilines is 4. The molecular formula is C25H27F2N7O2. The summed E-state index contributed by atoms with van der Waals surface area (Å²) in [5.74, 6) is -1.50. The number of hydrogen-bond acceptors (Lipinski definition) is 7. The first-order valence-electron chi connectivity index (χ1n) is 11.7. The van der Waals surface area contributed by atoms with Gasteiger partial charge in [-0.2, -0.15) is 0 Å². The predicted molar refractivity (Wildman–Crippen MR) is 134 cm³/mol. The fourth-order valence-electron chi connectivity index (χ4n) is 4.50. The summed E-state index contributed by atoms with van der Waals surface area (Å²) < 4.78 is 32.7.